The smallest absolute Gasteiger partial charge is 0.335 e. The van der Waals surface area contributed by atoms with E-state index >= 15 is 0 Å². The number of nitro groups is 1. The highest BCUT2D eigenvalue weighted by Crippen LogP contribution is 2.36. The maximum atomic E-state index is 13.3. The standard InChI is InChI=1S/C24H14Br3N3O6/c25-15-6-4-13(5-7-15)12-36-21-14(8-16(26)10-20(21)27)9-19-22(31)28-24(33)29(23(19)32)17-2-1-3-18(11-17)30(34)35/h1-11H,12H2,(H,28,31,33)/b19-9+. The van der Waals surface area contributed by atoms with Crippen LogP contribution in [0.1, 0.15) is 11.1 Å². The Balaban J connectivity index is 1.72. The molecular formula is C24H14Br3N3O6. The van der Waals surface area contributed by atoms with Gasteiger partial charge in [-0.3, -0.25) is 25.0 Å². The largest absolute Gasteiger partial charge is 0.487 e. The molecule has 1 aliphatic rings. The number of nitrogens with one attached hydrogen (secondary N) is 1. The first-order valence-electron chi connectivity index (χ1n) is 10.2. The van der Waals surface area contributed by atoms with Gasteiger partial charge in [-0.15, -0.1) is 0 Å². The van der Waals surface area contributed by atoms with E-state index in [0.717, 1.165) is 16.1 Å². The average molecular weight is 680 g/mol. The third-order valence-electron chi connectivity index (χ3n) is 5.03. The highest BCUT2D eigenvalue weighted by Gasteiger charge is 2.37. The zero-order valence-electron chi connectivity index (χ0n) is 18.0. The topological polar surface area (TPSA) is 119 Å². The minimum atomic E-state index is -1.01. The van der Waals surface area contributed by atoms with Crippen LogP contribution in [0.25, 0.3) is 6.08 Å². The van der Waals surface area contributed by atoms with Gasteiger partial charge in [0.05, 0.1) is 15.1 Å². The van der Waals surface area contributed by atoms with Gasteiger partial charge in [-0.05, 0) is 57.9 Å². The molecule has 1 N–H and O–H groups in total. The van der Waals surface area contributed by atoms with Gasteiger partial charge in [-0.1, -0.05) is 50.1 Å². The van der Waals surface area contributed by atoms with Crippen LogP contribution in [0.4, 0.5) is 16.2 Å². The van der Waals surface area contributed by atoms with Crippen molar-refractivity contribution < 1.29 is 24.0 Å². The summed E-state index contributed by atoms with van der Waals surface area (Å²) in [5.41, 5.74) is 0.572. The summed E-state index contributed by atoms with van der Waals surface area (Å²) in [7, 11) is 0. The molecule has 0 aromatic heterocycles. The van der Waals surface area contributed by atoms with Crippen molar-refractivity contribution in [1.29, 1.82) is 0 Å². The fourth-order valence-electron chi connectivity index (χ4n) is 3.37. The molecule has 0 radical (unpaired) electrons. The zero-order chi connectivity index (χ0) is 26.0. The van der Waals surface area contributed by atoms with Gasteiger partial charge in [0.25, 0.3) is 17.5 Å². The molecule has 0 saturated carbocycles. The summed E-state index contributed by atoms with van der Waals surface area (Å²) >= 11 is 10.2. The fourth-order valence-corrected chi connectivity index (χ4v) is 5.01. The van der Waals surface area contributed by atoms with Crippen molar-refractivity contribution in [2.45, 2.75) is 6.61 Å². The second-order valence-corrected chi connectivity index (χ2v) is 10.1. The Kier molecular flexibility index (Phi) is 7.67. The molecule has 0 aliphatic carbocycles. The normalized spacial score (nSPS) is 14.7. The molecule has 12 heteroatoms. The van der Waals surface area contributed by atoms with E-state index in [1.807, 2.05) is 24.3 Å². The first-order valence-corrected chi connectivity index (χ1v) is 12.5. The number of nitro benzene ring substituents is 1. The Morgan fingerprint density at radius 1 is 0.972 bits per heavy atom. The molecule has 1 aliphatic heterocycles. The summed E-state index contributed by atoms with van der Waals surface area (Å²) in [4.78, 5) is 49.6. The van der Waals surface area contributed by atoms with Gasteiger partial charge in [-0.25, -0.2) is 9.69 Å². The second-order valence-electron chi connectivity index (χ2n) is 7.46. The number of halogens is 3. The van der Waals surface area contributed by atoms with Crippen LogP contribution < -0.4 is 15.0 Å². The molecule has 4 amide bonds. The van der Waals surface area contributed by atoms with Crippen LogP contribution in [0, 0.1) is 10.1 Å². The lowest BCUT2D eigenvalue weighted by Gasteiger charge is -2.26. The molecule has 36 heavy (non-hydrogen) atoms. The molecule has 182 valence electrons. The van der Waals surface area contributed by atoms with Gasteiger partial charge >= 0.3 is 6.03 Å². The summed E-state index contributed by atoms with van der Waals surface area (Å²) in [6.07, 6.45) is 1.31. The van der Waals surface area contributed by atoms with Gasteiger partial charge in [-0.2, -0.15) is 0 Å². The molecule has 3 aromatic rings. The molecule has 3 aromatic carbocycles. The van der Waals surface area contributed by atoms with Crippen LogP contribution in [0.15, 0.2) is 79.7 Å². The highest BCUT2D eigenvalue weighted by molar-refractivity contribution is 9.11. The summed E-state index contributed by atoms with van der Waals surface area (Å²) in [5, 5.41) is 13.3. The Hall–Kier alpha value is -3.35. The lowest BCUT2D eigenvalue weighted by molar-refractivity contribution is -0.384. The van der Waals surface area contributed by atoms with Crippen molar-refractivity contribution in [1.82, 2.24) is 5.32 Å². The highest BCUT2D eigenvalue weighted by atomic mass is 79.9. The first kappa shape index (κ1) is 25.7. The van der Waals surface area contributed by atoms with Gasteiger partial charge in [0.2, 0.25) is 0 Å². The molecule has 4 rings (SSSR count). The number of rotatable bonds is 6. The van der Waals surface area contributed by atoms with Crippen molar-refractivity contribution in [2.24, 2.45) is 0 Å². The maximum Gasteiger partial charge on any atom is 0.335 e. The summed E-state index contributed by atoms with van der Waals surface area (Å²) in [6.45, 7) is 0.210. The van der Waals surface area contributed by atoms with Gasteiger partial charge in [0, 0.05) is 26.6 Å². The van der Waals surface area contributed by atoms with Crippen molar-refractivity contribution >= 4 is 83.1 Å². The van der Waals surface area contributed by atoms with Gasteiger partial charge in [0.1, 0.15) is 17.9 Å². The molecular weight excluding hydrogens is 666 g/mol. The van der Waals surface area contributed by atoms with E-state index in [1.165, 1.54) is 24.3 Å². The number of urea groups is 1. The minimum Gasteiger partial charge on any atom is -0.487 e. The van der Waals surface area contributed by atoms with Crippen molar-refractivity contribution in [3.63, 3.8) is 0 Å². The van der Waals surface area contributed by atoms with E-state index in [9.17, 15) is 24.5 Å². The third-order valence-corrected chi connectivity index (χ3v) is 6.61. The first-order chi connectivity index (χ1) is 17.1. The third kappa shape index (κ3) is 5.55. The molecule has 0 bridgehead atoms. The van der Waals surface area contributed by atoms with Crippen molar-refractivity contribution in [3.05, 3.63) is 101 Å². The number of carbonyl (C=O) groups excluding carboxylic acids is 3. The second kappa shape index (κ2) is 10.7. The fraction of sp³-hybridized carbons (Fsp3) is 0.0417. The van der Waals surface area contributed by atoms with Crippen LogP contribution in [-0.4, -0.2) is 22.8 Å². The zero-order valence-corrected chi connectivity index (χ0v) is 22.8. The number of imide groups is 2. The van der Waals surface area contributed by atoms with Crippen LogP contribution in [0.2, 0.25) is 0 Å². The number of barbiturate groups is 1. The lowest BCUT2D eigenvalue weighted by atomic mass is 10.1. The number of non-ortho nitro benzene ring substituents is 1. The van der Waals surface area contributed by atoms with E-state index in [1.54, 1.807) is 12.1 Å². The predicted octanol–water partition coefficient (Wildman–Crippen LogP) is 6.13. The van der Waals surface area contributed by atoms with E-state index in [4.69, 9.17) is 4.74 Å². The summed E-state index contributed by atoms with van der Waals surface area (Å²) in [5.74, 6) is -1.46. The summed E-state index contributed by atoms with van der Waals surface area (Å²) < 4.78 is 8.14. The number of anilines is 1. The Morgan fingerprint density at radius 3 is 2.39 bits per heavy atom. The number of benzene rings is 3. The Bertz CT molecular complexity index is 1440. The number of carbonyl (C=O) groups is 3. The van der Waals surface area contributed by atoms with E-state index in [-0.39, 0.29) is 23.6 Å². The Labute approximate surface area is 229 Å². The number of hydrogen-bond donors (Lipinski definition) is 1. The monoisotopic (exact) mass is 677 g/mol. The SMILES string of the molecule is O=C1NC(=O)N(c2cccc([N+](=O)[O-])c2)C(=O)/C1=C/c1cc(Br)cc(Br)c1OCc1ccc(Br)cc1. The molecule has 1 fully saturated rings. The predicted molar refractivity (Wildman–Crippen MR) is 142 cm³/mol. The number of hydrogen-bond acceptors (Lipinski definition) is 6. The maximum absolute atomic E-state index is 13.3. The number of nitrogens with zero attached hydrogens (tertiary/aromatic N) is 2. The van der Waals surface area contributed by atoms with E-state index < -0.39 is 22.8 Å². The van der Waals surface area contributed by atoms with Crippen LogP contribution >= 0.6 is 47.8 Å². The number of amides is 4. The van der Waals surface area contributed by atoms with Crippen LogP contribution in [-0.2, 0) is 16.2 Å². The van der Waals surface area contributed by atoms with Crippen LogP contribution in [0.5, 0.6) is 5.75 Å². The van der Waals surface area contributed by atoms with Crippen molar-refractivity contribution in [2.75, 3.05) is 4.90 Å². The van der Waals surface area contributed by atoms with Gasteiger partial charge < -0.3 is 4.74 Å². The van der Waals surface area contributed by atoms with E-state index in [0.29, 0.717) is 25.2 Å². The van der Waals surface area contributed by atoms with Gasteiger partial charge in [0.15, 0.2) is 0 Å². The minimum absolute atomic E-state index is 0.0489. The molecule has 0 spiro atoms. The molecule has 0 unspecified atom stereocenters. The Morgan fingerprint density at radius 2 is 1.69 bits per heavy atom. The quantitative estimate of drug-likeness (QED) is 0.145. The van der Waals surface area contributed by atoms with E-state index in [2.05, 4.69) is 53.1 Å². The molecule has 1 heterocycles. The lowest BCUT2D eigenvalue weighted by Crippen LogP contribution is -2.54. The molecule has 0 atom stereocenters. The molecule has 9 nitrogen and oxygen atoms in total. The van der Waals surface area contributed by atoms with Crippen molar-refractivity contribution in [3.8, 4) is 5.75 Å². The van der Waals surface area contributed by atoms with Crippen LogP contribution in [0.3, 0.4) is 0 Å². The summed E-state index contributed by atoms with van der Waals surface area (Å²) in [6, 6.07) is 14.9. The number of ether oxygens (including phenoxy) is 1. The average Bonchev–Trinajstić information content (AvgIpc) is 2.82. The molecule has 1 saturated heterocycles.